The summed E-state index contributed by atoms with van der Waals surface area (Å²) in [6, 6.07) is 4.89. The van der Waals surface area contributed by atoms with Gasteiger partial charge in [-0.25, -0.2) is 4.79 Å². The molecule has 1 saturated carbocycles. The van der Waals surface area contributed by atoms with Gasteiger partial charge in [-0.15, -0.1) is 0 Å². The zero-order valence-electron chi connectivity index (χ0n) is 15.9. The smallest absolute Gasteiger partial charge is 0.343 e. The second-order valence-corrected chi connectivity index (χ2v) is 8.93. The van der Waals surface area contributed by atoms with Gasteiger partial charge in [0.15, 0.2) is 11.4 Å². The molecule has 146 valence electrons. The summed E-state index contributed by atoms with van der Waals surface area (Å²) in [7, 11) is 0. The predicted molar refractivity (Wildman–Crippen MR) is 105 cm³/mol. The van der Waals surface area contributed by atoms with E-state index < -0.39 is 11.6 Å². The SMILES string of the molecule is CCC(C)(C)CC(=O)OC1=C(c2ccc(Cl)cc2Cl)C(=O)OC12CCCC2. The Bertz CT molecular complexity index is 804. The molecule has 0 radical (unpaired) electrons. The Balaban J connectivity index is 2.04. The highest BCUT2D eigenvalue weighted by Crippen LogP contribution is 2.49. The maximum Gasteiger partial charge on any atom is 0.343 e. The van der Waals surface area contributed by atoms with Crippen molar-refractivity contribution >= 4 is 40.7 Å². The molecule has 1 aromatic carbocycles. The Morgan fingerprint density at radius 3 is 2.52 bits per heavy atom. The van der Waals surface area contributed by atoms with Gasteiger partial charge in [0, 0.05) is 10.6 Å². The lowest BCUT2D eigenvalue weighted by molar-refractivity contribution is -0.153. The molecule has 6 heteroatoms. The van der Waals surface area contributed by atoms with E-state index in [4.69, 9.17) is 32.7 Å². The van der Waals surface area contributed by atoms with Crippen LogP contribution < -0.4 is 0 Å². The molecule has 4 nitrogen and oxygen atoms in total. The summed E-state index contributed by atoms with van der Waals surface area (Å²) in [6.07, 6.45) is 4.23. The van der Waals surface area contributed by atoms with E-state index in [9.17, 15) is 9.59 Å². The molecule has 0 aromatic heterocycles. The van der Waals surface area contributed by atoms with Crippen LogP contribution in [0.4, 0.5) is 0 Å². The van der Waals surface area contributed by atoms with Crippen LogP contribution in [-0.4, -0.2) is 17.5 Å². The van der Waals surface area contributed by atoms with E-state index in [1.54, 1.807) is 18.2 Å². The highest BCUT2D eigenvalue weighted by molar-refractivity contribution is 6.37. The summed E-state index contributed by atoms with van der Waals surface area (Å²) >= 11 is 12.3. The number of carbonyl (C=O) groups excluding carboxylic acids is 2. The van der Waals surface area contributed by atoms with Gasteiger partial charge in [-0.1, -0.05) is 56.5 Å². The lowest BCUT2D eigenvalue weighted by Crippen LogP contribution is -2.31. The fourth-order valence-electron chi connectivity index (χ4n) is 3.60. The van der Waals surface area contributed by atoms with Crippen LogP contribution in [0.2, 0.25) is 10.0 Å². The molecule has 3 rings (SSSR count). The molecule has 0 unspecified atom stereocenters. The van der Waals surface area contributed by atoms with Crippen LogP contribution in [-0.2, 0) is 19.1 Å². The lowest BCUT2D eigenvalue weighted by atomic mass is 9.86. The van der Waals surface area contributed by atoms with Crippen LogP contribution in [0.1, 0.15) is 64.9 Å². The third-order valence-corrected chi connectivity index (χ3v) is 6.09. The maximum absolute atomic E-state index is 12.7. The Morgan fingerprint density at radius 2 is 1.93 bits per heavy atom. The van der Waals surface area contributed by atoms with Crippen LogP contribution in [0.25, 0.3) is 5.57 Å². The molecule has 0 amide bonds. The molecular weight excluding hydrogens is 387 g/mol. The summed E-state index contributed by atoms with van der Waals surface area (Å²) in [4.78, 5) is 25.4. The van der Waals surface area contributed by atoms with Crippen molar-refractivity contribution < 1.29 is 19.1 Å². The molecular formula is C21H24Cl2O4. The van der Waals surface area contributed by atoms with Gasteiger partial charge >= 0.3 is 11.9 Å². The molecule has 27 heavy (non-hydrogen) atoms. The maximum atomic E-state index is 12.7. The average molecular weight is 411 g/mol. The summed E-state index contributed by atoms with van der Waals surface area (Å²) in [5.74, 6) is -0.547. The van der Waals surface area contributed by atoms with E-state index in [2.05, 4.69) is 0 Å². The van der Waals surface area contributed by atoms with Crippen molar-refractivity contribution in [2.24, 2.45) is 5.41 Å². The van der Waals surface area contributed by atoms with Gasteiger partial charge in [-0.05, 0) is 43.2 Å². The number of halogens is 2. The largest absolute Gasteiger partial charge is 0.447 e. The van der Waals surface area contributed by atoms with Crippen LogP contribution in [0.3, 0.4) is 0 Å². The monoisotopic (exact) mass is 410 g/mol. The minimum absolute atomic E-state index is 0.179. The van der Waals surface area contributed by atoms with Crippen molar-refractivity contribution in [3.8, 4) is 0 Å². The van der Waals surface area contributed by atoms with Gasteiger partial charge in [0.2, 0.25) is 0 Å². The molecule has 1 fully saturated rings. The van der Waals surface area contributed by atoms with E-state index in [1.165, 1.54) is 0 Å². The van der Waals surface area contributed by atoms with Crippen LogP contribution in [0.5, 0.6) is 0 Å². The van der Waals surface area contributed by atoms with Gasteiger partial charge in [-0.2, -0.15) is 0 Å². The molecule has 1 spiro atoms. The Kier molecular flexibility index (Phi) is 5.60. The highest BCUT2D eigenvalue weighted by atomic mass is 35.5. The van der Waals surface area contributed by atoms with Gasteiger partial charge in [-0.3, -0.25) is 4.79 Å². The molecule has 1 aliphatic heterocycles. The van der Waals surface area contributed by atoms with Crippen molar-refractivity contribution in [3.05, 3.63) is 39.6 Å². The Labute approximate surface area is 169 Å². The molecule has 1 aliphatic carbocycles. The van der Waals surface area contributed by atoms with Crippen molar-refractivity contribution in [2.75, 3.05) is 0 Å². The van der Waals surface area contributed by atoms with Crippen molar-refractivity contribution in [3.63, 3.8) is 0 Å². The third kappa shape index (κ3) is 4.02. The van der Waals surface area contributed by atoms with Gasteiger partial charge in [0.05, 0.1) is 11.4 Å². The van der Waals surface area contributed by atoms with Crippen molar-refractivity contribution in [1.29, 1.82) is 0 Å². The van der Waals surface area contributed by atoms with Gasteiger partial charge < -0.3 is 9.47 Å². The van der Waals surface area contributed by atoms with Crippen LogP contribution in [0.15, 0.2) is 24.0 Å². The third-order valence-electron chi connectivity index (χ3n) is 5.54. The summed E-state index contributed by atoms with van der Waals surface area (Å²) < 4.78 is 11.6. The van der Waals surface area contributed by atoms with E-state index >= 15 is 0 Å². The number of benzene rings is 1. The van der Waals surface area contributed by atoms with E-state index in [0.717, 1.165) is 19.3 Å². The number of ether oxygens (including phenoxy) is 2. The quantitative estimate of drug-likeness (QED) is 0.563. The molecule has 0 saturated heterocycles. The van der Waals surface area contributed by atoms with Gasteiger partial charge in [0.1, 0.15) is 5.57 Å². The first-order chi connectivity index (χ1) is 12.7. The van der Waals surface area contributed by atoms with E-state index in [1.807, 2.05) is 20.8 Å². The summed E-state index contributed by atoms with van der Waals surface area (Å²) in [5.41, 5.74) is -0.322. The van der Waals surface area contributed by atoms with Crippen molar-refractivity contribution in [1.82, 2.24) is 0 Å². The first kappa shape index (κ1) is 20.2. The second-order valence-electron chi connectivity index (χ2n) is 8.09. The normalized spacial score (nSPS) is 18.9. The zero-order chi connectivity index (χ0) is 19.8. The lowest BCUT2D eigenvalue weighted by Gasteiger charge is -2.26. The van der Waals surface area contributed by atoms with Gasteiger partial charge in [0.25, 0.3) is 0 Å². The van der Waals surface area contributed by atoms with Crippen molar-refractivity contribution in [2.45, 2.75) is 64.9 Å². The summed E-state index contributed by atoms with van der Waals surface area (Å²) in [5, 5.41) is 0.793. The number of hydrogen-bond donors (Lipinski definition) is 0. The van der Waals surface area contributed by atoms with Crippen LogP contribution in [0, 0.1) is 5.41 Å². The molecule has 1 aromatic rings. The van der Waals surface area contributed by atoms with E-state index in [0.29, 0.717) is 34.2 Å². The fourth-order valence-corrected chi connectivity index (χ4v) is 4.11. The average Bonchev–Trinajstić information content (AvgIpc) is 3.14. The molecule has 1 heterocycles. The minimum Gasteiger partial charge on any atom is -0.447 e. The molecule has 0 bridgehead atoms. The van der Waals surface area contributed by atoms with Crippen LogP contribution >= 0.6 is 23.2 Å². The Morgan fingerprint density at radius 1 is 1.26 bits per heavy atom. The predicted octanol–water partition coefficient (Wildman–Crippen LogP) is 5.94. The summed E-state index contributed by atoms with van der Waals surface area (Å²) in [6.45, 7) is 6.06. The standard InChI is InChI=1S/C21H24Cl2O4/c1-4-20(2,3)12-16(24)26-18-17(14-8-7-13(22)11-15(14)23)19(25)27-21(18)9-5-6-10-21/h7-8,11H,4-6,9-10,12H2,1-3H3. The minimum atomic E-state index is -0.860. The molecule has 0 N–H and O–H groups in total. The topological polar surface area (TPSA) is 52.6 Å². The van der Waals surface area contributed by atoms with E-state index in [-0.39, 0.29) is 23.4 Å². The second kappa shape index (κ2) is 7.48. The number of hydrogen-bond acceptors (Lipinski definition) is 4. The number of rotatable bonds is 5. The molecule has 2 aliphatic rings. The number of carbonyl (C=O) groups is 2. The number of esters is 2. The highest BCUT2D eigenvalue weighted by Gasteiger charge is 2.52. The molecule has 0 atom stereocenters. The first-order valence-corrected chi connectivity index (χ1v) is 10.1. The zero-order valence-corrected chi connectivity index (χ0v) is 17.4. The fraction of sp³-hybridized carbons (Fsp3) is 0.524. The Hall–Kier alpha value is -1.52. The first-order valence-electron chi connectivity index (χ1n) is 9.32.